The van der Waals surface area contributed by atoms with Gasteiger partial charge in [0.2, 0.25) is 0 Å². The minimum absolute atomic E-state index is 0.0277. The van der Waals surface area contributed by atoms with Crippen molar-refractivity contribution in [1.82, 2.24) is 10.2 Å². The number of nitrogens with one attached hydrogen (secondary N) is 3. The molecular formula is C17H22FN6OS+. The van der Waals surface area contributed by atoms with Crippen LogP contribution in [0.2, 0.25) is 0 Å². The first-order chi connectivity index (χ1) is 12.4. The Morgan fingerprint density at radius 1 is 1.38 bits per heavy atom. The molecule has 0 aliphatic carbocycles. The highest BCUT2D eigenvalue weighted by atomic mass is 32.2. The topological polar surface area (TPSA) is 135 Å². The molecule has 1 aromatic carbocycles. The average molecular weight is 377 g/mol. The number of amidine groups is 1. The third-order valence-electron chi connectivity index (χ3n) is 4.87. The number of aromatic hydroxyl groups is 1. The Morgan fingerprint density at radius 3 is 2.58 bits per heavy atom. The first-order valence-electron chi connectivity index (χ1n) is 8.24. The van der Waals surface area contributed by atoms with E-state index in [9.17, 15) is 9.50 Å². The Labute approximate surface area is 155 Å². The number of benzene rings is 1. The Kier molecular flexibility index (Phi) is 5.28. The van der Waals surface area contributed by atoms with E-state index >= 15 is 0 Å². The Hall–Kier alpha value is -2.39. The summed E-state index contributed by atoms with van der Waals surface area (Å²) in [6.45, 7) is 3.49. The van der Waals surface area contributed by atoms with Crippen LogP contribution in [0.4, 0.5) is 4.39 Å². The van der Waals surface area contributed by atoms with Gasteiger partial charge >= 0.3 is 0 Å². The number of fused-ring (bicyclic) bond motifs is 1. The molecule has 1 aromatic rings. The van der Waals surface area contributed by atoms with Crippen molar-refractivity contribution in [1.29, 1.82) is 10.8 Å². The van der Waals surface area contributed by atoms with E-state index in [4.69, 9.17) is 22.0 Å². The molecule has 2 aliphatic heterocycles. The van der Waals surface area contributed by atoms with Gasteiger partial charge in [0, 0.05) is 55.9 Å². The summed E-state index contributed by atoms with van der Waals surface area (Å²) in [6.07, 6.45) is 2.14. The first-order valence-corrected chi connectivity index (χ1v) is 9.06. The molecule has 138 valence electrons. The highest BCUT2D eigenvalue weighted by molar-refractivity contribution is 8.26. The molecular weight excluding hydrogens is 355 g/mol. The van der Waals surface area contributed by atoms with Crippen LogP contribution in [0.5, 0.6) is 5.75 Å². The minimum Gasteiger partial charge on any atom is -0.507 e. The standard InChI is InChI=1S/C17H21FN6OS/c18-13-1-9(10(3-19)4-20)2-14(25)15(13)16(21)26-17(22)24-7-11-5-23-6-12(11)8-24/h1-4,11-12,19,21-23,25H,5-8,20H2/p+1. The molecule has 0 amide bonds. The van der Waals surface area contributed by atoms with Gasteiger partial charge in [0.05, 0.1) is 0 Å². The zero-order valence-corrected chi connectivity index (χ0v) is 14.9. The highest BCUT2D eigenvalue weighted by Gasteiger charge is 2.38. The van der Waals surface area contributed by atoms with E-state index < -0.39 is 5.82 Å². The van der Waals surface area contributed by atoms with Crippen LogP contribution in [-0.4, -0.2) is 52.6 Å². The fourth-order valence-corrected chi connectivity index (χ4v) is 4.26. The van der Waals surface area contributed by atoms with Crippen molar-refractivity contribution in [3.05, 3.63) is 35.3 Å². The fraction of sp³-hybridized carbons (Fsp3) is 0.353. The van der Waals surface area contributed by atoms with E-state index in [1.807, 2.05) is 4.90 Å². The van der Waals surface area contributed by atoms with Crippen molar-refractivity contribution in [3.63, 3.8) is 0 Å². The SMILES string of the molecule is N=CC(=CN)c1cc(O)c(C(=[NH2+])SC(=N)N2CC3CNCC3C2)c(F)c1. The predicted molar refractivity (Wildman–Crippen MR) is 102 cm³/mol. The van der Waals surface area contributed by atoms with Crippen LogP contribution in [0.25, 0.3) is 5.57 Å². The third-order valence-corrected chi connectivity index (χ3v) is 5.74. The number of allylic oxidation sites excluding steroid dienone is 1. The molecule has 2 saturated heterocycles. The second-order valence-corrected chi connectivity index (χ2v) is 7.50. The van der Waals surface area contributed by atoms with Gasteiger partial charge in [0.15, 0.2) is 5.17 Å². The summed E-state index contributed by atoms with van der Waals surface area (Å²) in [5.74, 6) is -0.00337. The van der Waals surface area contributed by atoms with Crippen LogP contribution in [-0.2, 0) is 0 Å². The summed E-state index contributed by atoms with van der Waals surface area (Å²) >= 11 is 0.942. The van der Waals surface area contributed by atoms with Crippen molar-refractivity contribution in [2.75, 3.05) is 26.2 Å². The molecule has 2 unspecified atom stereocenters. The molecule has 8 N–H and O–H groups in total. The van der Waals surface area contributed by atoms with E-state index in [1.54, 1.807) is 0 Å². The number of nitrogens with zero attached hydrogens (tertiary/aromatic N) is 1. The summed E-state index contributed by atoms with van der Waals surface area (Å²) in [5.41, 5.74) is 5.83. The van der Waals surface area contributed by atoms with E-state index in [1.165, 1.54) is 12.1 Å². The molecule has 2 aliphatic rings. The van der Waals surface area contributed by atoms with Gasteiger partial charge in [-0.05, 0) is 29.5 Å². The van der Waals surface area contributed by atoms with Crippen molar-refractivity contribution in [2.45, 2.75) is 0 Å². The normalized spacial score (nSPS) is 22.3. The van der Waals surface area contributed by atoms with Crippen LogP contribution < -0.4 is 16.5 Å². The number of phenolic OH excluding ortho intramolecular Hbond substituents is 1. The summed E-state index contributed by atoms with van der Waals surface area (Å²) in [6, 6.07) is 2.48. The lowest BCUT2D eigenvalue weighted by molar-refractivity contribution is -0.107. The van der Waals surface area contributed by atoms with E-state index in [2.05, 4.69) is 5.32 Å². The van der Waals surface area contributed by atoms with Crippen LogP contribution in [0, 0.1) is 28.5 Å². The maximum Gasteiger partial charge on any atom is 0.253 e. The van der Waals surface area contributed by atoms with Crippen molar-refractivity contribution in [3.8, 4) is 5.75 Å². The Morgan fingerprint density at radius 2 is 2.04 bits per heavy atom. The lowest BCUT2D eigenvalue weighted by Gasteiger charge is -2.19. The summed E-state index contributed by atoms with van der Waals surface area (Å²) < 4.78 is 14.5. The monoisotopic (exact) mass is 377 g/mol. The molecule has 3 rings (SSSR count). The molecule has 9 heteroatoms. The van der Waals surface area contributed by atoms with E-state index in [-0.39, 0.29) is 32.7 Å². The van der Waals surface area contributed by atoms with Crippen molar-refractivity contribution < 1.29 is 14.9 Å². The fourth-order valence-electron chi connectivity index (χ4n) is 3.47. The number of likely N-dealkylation sites (tertiary alicyclic amines) is 1. The largest absolute Gasteiger partial charge is 0.507 e. The minimum atomic E-state index is -0.721. The molecule has 0 radical (unpaired) electrons. The van der Waals surface area contributed by atoms with Gasteiger partial charge in [0.1, 0.15) is 17.1 Å². The lowest BCUT2D eigenvalue weighted by Crippen LogP contribution is -2.41. The molecule has 2 fully saturated rings. The second kappa shape index (κ2) is 7.46. The summed E-state index contributed by atoms with van der Waals surface area (Å²) in [5, 5.41) is 35.3. The van der Waals surface area contributed by atoms with Gasteiger partial charge < -0.3 is 26.5 Å². The van der Waals surface area contributed by atoms with Gasteiger partial charge in [-0.15, -0.1) is 0 Å². The number of phenols is 1. The number of halogens is 1. The number of rotatable bonds is 3. The highest BCUT2D eigenvalue weighted by Crippen LogP contribution is 2.31. The first kappa shape index (κ1) is 18.4. The third kappa shape index (κ3) is 3.45. The van der Waals surface area contributed by atoms with Gasteiger partial charge in [-0.1, -0.05) is 0 Å². The van der Waals surface area contributed by atoms with E-state index in [0.717, 1.165) is 50.4 Å². The number of hydrogen-bond donors (Lipinski definition) is 6. The quantitative estimate of drug-likeness (QED) is 0.321. The smallest absolute Gasteiger partial charge is 0.253 e. The zero-order valence-electron chi connectivity index (χ0n) is 14.1. The van der Waals surface area contributed by atoms with Crippen LogP contribution >= 0.6 is 11.8 Å². The van der Waals surface area contributed by atoms with Gasteiger partial charge in [-0.2, -0.15) is 0 Å². The molecule has 0 spiro atoms. The molecule has 2 heterocycles. The van der Waals surface area contributed by atoms with Crippen LogP contribution in [0.1, 0.15) is 11.1 Å². The maximum atomic E-state index is 14.5. The molecule has 0 bridgehead atoms. The zero-order chi connectivity index (χ0) is 18.8. The van der Waals surface area contributed by atoms with Crippen molar-refractivity contribution >= 4 is 33.8 Å². The molecule has 26 heavy (non-hydrogen) atoms. The number of nitrogens with two attached hydrogens (primary N) is 2. The number of thioether (sulfide) groups is 1. The molecule has 2 atom stereocenters. The predicted octanol–water partition coefficient (Wildman–Crippen LogP) is -0.195. The summed E-state index contributed by atoms with van der Waals surface area (Å²) in [7, 11) is 0. The average Bonchev–Trinajstić information content (AvgIpc) is 3.17. The molecule has 0 aromatic heterocycles. The maximum absolute atomic E-state index is 14.5. The van der Waals surface area contributed by atoms with Crippen LogP contribution in [0.3, 0.4) is 0 Å². The van der Waals surface area contributed by atoms with E-state index in [0.29, 0.717) is 11.8 Å². The van der Waals surface area contributed by atoms with Gasteiger partial charge in [0.25, 0.3) is 5.04 Å². The summed E-state index contributed by atoms with van der Waals surface area (Å²) in [4.78, 5) is 1.95. The van der Waals surface area contributed by atoms with Crippen molar-refractivity contribution in [2.24, 2.45) is 17.6 Å². The lowest BCUT2D eigenvalue weighted by atomic mass is 10.0. The molecule has 0 saturated carbocycles. The van der Waals surface area contributed by atoms with Crippen LogP contribution in [0.15, 0.2) is 18.3 Å². The second-order valence-electron chi connectivity index (χ2n) is 6.47. The van der Waals surface area contributed by atoms with Gasteiger partial charge in [-0.25, -0.2) is 9.80 Å². The van der Waals surface area contributed by atoms with Gasteiger partial charge in [-0.3, -0.25) is 5.41 Å². The Bertz CT molecular complexity index is 760. The Balaban J connectivity index is 1.73. The number of hydrogen-bond acceptors (Lipinski definition) is 6. The molecule has 7 nitrogen and oxygen atoms in total.